The first kappa shape index (κ1) is 16.6. The molecule has 0 saturated carbocycles. The molecule has 0 aliphatic carbocycles. The van der Waals surface area contributed by atoms with Crippen molar-refractivity contribution in [3.8, 4) is 0 Å². The van der Waals surface area contributed by atoms with Gasteiger partial charge >= 0.3 is 6.03 Å². The molecule has 8 heteroatoms. The van der Waals surface area contributed by atoms with Gasteiger partial charge in [0.1, 0.15) is 0 Å². The minimum Gasteiger partial charge on any atom is -0.374 e. The molecule has 1 unspecified atom stereocenters. The van der Waals surface area contributed by atoms with Gasteiger partial charge in [-0.05, 0) is 18.1 Å². The second kappa shape index (κ2) is 6.99. The Balaban J connectivity index is 1.96. The van der Waals surface area contributed by atoms with Crippen LogP contribution in [0.5, 0.6) is 0 Å². The fraction of sp³-hybridized carbons (Fsp3) is 0.400. The van der Waals surface area contributed by atoms with E-state index in [4.69, 9.17) is 11.5 Å². The minimum atomic E-state index is -1.51. The van der Waals surface area contributed by atoms with Gasteiger partial charge in [0.25, 0.3) is 0 Å². The van der Waals surface area contributed by atoms with Crippen LogP contribution in [0.25, 0.3) is 0 Å². The van der Waals surface area contributed by atoms with Crippen molar-refractivity contribution >= 4 is 23.5 Å². The van der Waals surface area contributed by atoms with E-state index in [0.717, 1.165) is 24.2 Å². The van der Waals surface area contributed by atoms with Gasteiger partial charge < -0.3 is 27.0 Å². The summed E-state index contributed by atoms with van der Waals surface area (Å²) in [6, 6.07) is 5.84. The number of amides is 4. The second-order valence-electron chi connectivity index (χ2n) is 5.56. The number of hydrogen-bond donors (Lipinski definition) is 4. The Kier molecular flexibility index (Phi) is 5.05. The third kappa shape index (κ3) is 3.91. The number of hydrogen-bond acceptors (Lipinski definition) is 4. The maximum Gasteiger partial charge on any atom is 0.315 e. The third-order valence-corrected chi connectivity index (χ3v) is 3.95. The summed E-state index contributed by atoms with van der Waals surface area (Å²) in [5.74, 6) is -1.82. The fourth-order valence-electron chi connectivity index (χ4n) is 2.70. The van der Waals surface area contributed by atoms with Crippen LogP contribution in [0, 0.1) is 0 Å². The lowest BCUT2D eigenvalue weighted by atomic mass is 9.90. The van der Waals surface area contributed by atoms with Gasteiger partial charge in [0, 0.05) is 31.7 Å². The maximum atomic E-state index is 11.8. The van der Waals surface area contributed by atoms with Gasteiger partial charge in [0.05, 0.1) is 0 Å². The van der Waals surface area contributed by atoms with Gasteiger partial charge in [-0.1, -0.05) is 18.2 Å². The van der Waals surface area contributed by atoms with Crippen LogP contribution in [0.1, 0.15) is 17.9 Å². The number of carbonyl (C=O) groups is 3. The van der Waals surface area contributed by atoms with Crippen LogP contribution in [0.15, 0.2) is 24.3 Å². The largest absolute Gasteiger partial charge is 0.374 e. The van der Waals surface area contributed by atoms with Crippen molar-refractivity contribution < 1.29 is 14.4 Å². The number of urea groups is 1. The van der Waals surface area contributed by atoms with Gasteiger partial charge in [-0.2, -0.15) is 0 Å². The van der Waals surface area contributed by atoms with Gasteiger partial charge in [0.2, 0.25) is 11.8 Å². The van der Waals surface area contributed by atoms with Gasteiger partial charge in [-0.25, -0.2) is 4.79 Å². The molecule has 1 heterocycles. The van der Waals surface area contributed by atoms with E-state index in [2.05, 4.69) is 15.5 Å². The molecule has 8 nitrogen and oxygen atoms in total. The Morgan fingerprint density at radius 3 is 2.57 bits per heavy atom. The lowest BCUT2D eigenvalue weighted by Crippen LogP contribution is -2.55. The summed E-state index contributed by atoms with van der Waals surface area (Å²) in [5, 5.41) is 4.84. The van der Waals surface area contributed by atoms with E-state index in [0.29, 0.717) is 6.54 Å². The molecule has 1 atom stereocenters. The number of nitrogens with zero attached hydrogens (tertiary/aromatic N) is 1. The van der Waals surface area contributed by atoms with Crippen LogP contribution >= 0.6 is 0 Å². The van der Waals surface area contributed by atoms with E-state index in [1.165, 1.54) is 0 Å². The molecule has 0 saturated heterocycles. The molecular formula is C15H21N5O3. The molecule has 4 amide bonds. The summed E-state index contributed by atoms with van der Waals surface area (Å²) in [5.41, 5.74) is 12.3. The van der Waals surface area contributed by atoms with Crippen molar-refractivity contribution in [2.24, 2.45) is 11.5 Å². The number of nitrogens with two attached hydrogens (primary N) is 2. The van der Waals surface area contributed by atoms with Crippen LogP contribution in [0.2, 0.25) is 0 Å². The summed E-state index contributed by atoms with van der Waals surface area (Å²) in [6.07, 6.45) is 0.892. The highest BCUT2D eigenvalue weighted by atomic mass is 16.2. The fourth-order valence-corrected chi connectivity index (χ4v) is 2.70. The average molecular weight is 319 g/mol. The summed E-state index contributed by atoms with van der Waals surface area (Å²) in [6.45, 7) is 1.27. The highest BCUT2D eigenvalue weighted by Gasteiger charge is 2.26. The number of primary amides is 2. The highest BCUT2D eigenvalue weighted by molar-refractivity contribution is 6.05. The van der Waals surface area contributed by atoms with Crippen LogP contribution in [-0.2, 0) is 9.59 Å². The van der Waals surface area contributed by atoms with E-state index < -0.39 is 23.9 Å². The zero-order valence-electron chi connectivity index (χ0n) is 12.9. The summed E-state index contributed by atoms with van der Waals surface area (Å²) in [4.78, 5) is 36.1. The molecule has 0 spiro atoms. The molecule has 1 aromatic carbocycles. The van der Waals surface area contributed by atoms with Crippen LogP contribution in [0.4, 0.5) is 10.5 Å². The average Bonchev–Trinajstić information content (AvgIpc) is 2.51. The molecule has 1 aromatic rings. The second-order valence-corrected chi connectivity index (χ2v) is 5.56. The van der Waals surface area contributed by atoms with E-state index in [9.17, 15) is 14.4 Å². The molecule has 0 aromatic heterocycles. The van der Waals surface area contributed by atoms with Crippen LogP contribution in [-0.4, -0.2) is 44.0 Å². The van der Waals surface area contributed by atoms with Crippen molar-refractivity contribution in [2.45, 2.75) is 18.4 Å². The van der Waals surface area contributed by atoms with Crippen molar-refractivity contribution in [1.29, 1.82) is 0 Å². The normalized spacial score (nSPS) is 16.6. The standard InChI is InChI=1S/C15H21N5O3/c1-20-7-6-9(10-4-2-3-5-11(10)20)8-18-15(23)19-12(13(16)21)14(17)22/h2-5,9,12H,6-8H2,1H3,(H2,16,21)(H2,17,22)(H2,18,19,23). The van der Waals surface area contributed by atoms with Gasteiger partial charge in [-0.15, -0.1) is 0 Å². The number of benzene rings is 1. The topological polar surface area (TPSA) is 131 Å². The quantitative estimate of drug-likeness (QED) is 0.532. The zero-order chi connectivity index (χ0) is 17.0. The number of carbonyl (C=O) groups excluding carboxylic acids is 3. The Labute approximate surface area is 134 Å². The van der Waals surface area contributed by atoms with Crippen molar-refractivity contribution in [1.82, 2.24) is 10.6 Å². The highest BCUT2D eigenvalue weighted by Crippen LogP contribution is 2.33. The van der Waals surface area contributed by atoms with E-state index in [1.54, 1.807) is 0 Å². The first-order chi connectivity index (χ1) is 10.9. The van der Waals surface area contributed by atoms with Crippen molar-refractivity contribution in [3.63, 3.8) is 0 Å². The zero-order valence-corrected chi connectivity index (χ0v) is 12.9. The van der Waals surface area contributed by atoms with Gasteiger partial charge in [0.15, 0.2) is 6.04 Å². The number of anilines is 1. The van der Waals surface area contributed by atoms with Crippen molar-refractivity contribution in [2.75, 3.05) is 25.0 Å². The molecule has 124 valence electrons. The molecule has 1 aliphatic heterocycles. The lowest BCUT2D eigenvalue weighted by molar-refractivity contribution is -0.128. The van der Waals surface area contributed by atoms with E-state index >= 15 is 0 Å². The lowest BCUT2D eigenvalue weighted by Gasteiger charge is -2.33. The summed E-state index contributed by atoms with van der Waals surface area (Å²) >= 11 is 0. The molecular weight excluding hydrogens is 298 g/mol. The van der Waals surface area contributed by atoms with Crippen LogP contribution in [0.3, 0.4) is 0 Å². The van der Waals surface area contributed by atoms with E-state index in [-0.39, 0.29) is 5.92 Å². The molecule has 0 bridgehead atoms. The number of rotatable bonds is 5. The molecule has 2 rings (SSSR count). The Hall–Kier alpha value is -2.77. The Bertz CT molecular complexity index is 605. The maximum absolute atomic E-state index is 11.8. The predicted octanol–water partition coefficient (Wildman–Crippen LogP) is -0.751. The Morgan fingerprint density at radius 1 is 1.26 bits per heavy atom. The molecule has 23 heavy (non-hydrogen) atoms. The first-order valence-corrected chi connectivity index (χ1v) is 7.33. The van der Waals surface area contributed by atoms with E-state index in [1.807, 2.05) is 31.3 Å². The molecule has 1 aliphatic rings. The minimum absolute atomic E-state index is 0.161. The summed E-state index contributed by atoms with van der Waals surface area (Å²) in [7, 11) is 2.03. The van der Waals surface area contributed by atoms with Gasteiger partial charge in [-0.3, -0.25) is 9.59 Å². The Morgan fingerprint density at radius 2 is 1.91 bits per heavy atom. The molecule has 0 fully saturated rings. The number of fused-ring (bicyclic) bond motifs is 1. The smallest absolute Gasteiger partial charge is 0.315 e. The first-order valence-electron chi connectivity index (χ1n) is 7.33. The predicted molar refractivity (Wildman–Crippen MR) is 85.8 cm³/mol. The van der Waals surface area contributed by atoms with Crippen molar-refractivity contribution in [3.05, 3.63) is 29.8 Å². The third-order valence-electron chi connectivity index (χ3n) is 3.95. The van der Waals surface area contributed by atoms with Crippen LogP contribution < -0.4 is 27.0 Å². The number of para-hydroxylation sites is 1. The number of nitrogens with one attached hydrogen (secondary N) is 2. The SMILES string of the molecule is CN1CCC(CNC(=O)NC(C(N)=O)C(N)=O)c2ccccc21. The molecule has 0 radical (unpaired) electrons. The molecule has 6 N–H and O–H groups in total. The monoisotopic (exact) mass is 319 g/mol. The summed E-state index contributed by atoms with van der Waals surface area (Å²) < 4.78 is 0.